The predicted octanol–water partition coefficient (Wildman–Crippen LogP) is 1.93. The minimum Gasteiger partial charge on any atom is -0.314 e. The van der Waals surface area contributed by atoms with Crippen LogP contribution in [-0.4, -0.2) is 12.6 Å². The van der Waals surface area contributed by atoms with E-state index in [2.05, 4.69) is 5.32 Å². The third-order valence-electron chi connectivity index (χ3n) is 3.08. The monoisotopic (exact) mass is 139 g/mol. The van der Waals surface area contributed by atoms with Crippen LogP contribution in [-0.2, 0) is 0 Å². The van der Waals surface area contributed by atoms with Crippen molar-refractivity contribution in [2.75, 3.05) is 6.54 Å². The fourth-order valence-electron chi connectivity index (χ4n) is 2.45. The summed E-state index contributed by atoms with van der Waals surface area (Å²) < 4.78 is 0. The van der Waals surface area contributed by atoms with Gasteiger partial charge in [-0.15, -0.1) is 0 Å². The maximum Gasteiger partial charge on any atom is 0.00958 e. The zero-order valence-corrected chi connectivity index (χ0v) is 6.60. The zero-order valence-electron chi connectivity index (χ0n) is 6.60. The summed E-state index contributed by atoms with van der Waals surface area (Å²) in [5, 5.41) is 3.60. The number of rotatable bonds is 0. The van der Waals surface area contributed by atoms with Crippen LogP contribution in [0.25, 0.3) is 0 Å². The van der Waals surface area contributed by atoms with Crippen LogP contribution in [0.15, 0.2) is 0 Å². The van der Waals surface area contributed by atoms with Gasteiger partial charge in [0.1, 0.15) is 0 Å². The van der Waals surface area contributed by atoms with Crippen LogP contribution in [0.1, 0.15) is 38.5 Å². The van der Waals surface area contributed by atoms with E-state index in [1.165, 1.54) is 45.1 Å². The summed E-state index contributed by atoms with van der Waals surface area (Å²) in [6, 6.07) is 0.905. The molecule has 0 spiro atoms. The first-order valence-corrected chi connectivity index (χ1v) is 4.70. The number of nitrogens with one attached hydrogen (secondary N) is 1. The van der Waals surface area contributed by atoms with E-state index < -0.39 is 0 Å². The molecule has 2 fully saturated rings. The van der Waals surface area contributed by atoms with Gasteiger partial charge in [0, 0.05) is 6.04 Å². The SMILES string of the molecule is C1CC[C@H]2CCN[C@H]2CC1. The van der Waals surface area contributed by atoms with Gasteiger partial charge in [-0.25, -0.2) is 0 Å². The van der Waals surface area contributed by atoms with Crippen LogP contribution in [0.4, 0.5) is 0 Å². The largest absolute Gasteiger partial charge is 0.314 e. The molecular formula is C9H17N. The van der Waals surface area contributed by atoms with E-state index in [0.717, 1.165) is 12.0 Å². The highest BCUT2D eigenvalue weighted by Crippen LogP contribution is 2.28. The van der Waals surface area contributed by atoms with Gasteiger partial charge in [-0.05, 0) is 31.7 Å². The van der Waals surface area contributed by atoms with Crippen molar-refractivity contribution in [2.24, 2.45) is 5.92 Å². The predicted molar refractivity (Wildman–Crippen MR) is 43.0 cm³/mol. The second-order valence-electron chi connectivity index (χ2n) is 3.75. The average molecular weight is 139 g/mol. The molecule has 10 heavy (non-hydrogen) atoms. The van der Waals surface area contributed by atoms with Gasteiger partial charge in [-0.1, -0.05) is 19.3 Å². The van der Waals surface area contributed by atoms with Gasteiger partial charge in [0.2, 0.25) is 0 Å². The van der Waals surface area contributed by atoms with Crippen molar-refractivity contribution in [1.29, 1.82) is 0 Å². The maximum absolute atomic E-state index is 3.60. The maximum atomic E-state index is 3.60. The van der Waals surface area contributed by atoms with Crippen molar-refractivity contribution < 1.29 is 0 Å². The lowest BCUT2D eigenvalue weighted by Gasteiger charge is -2.14. The average Bonchev–Trinajstić information content (AvgIpc) is 2.28. The van der Waals surface area contributed by atoms with Crippen molar-refractivity contribution in [3.8, 4) is 0 Å². The molecule has 0 aromatic carbocycles. The molecule has 1 aliphatic carbocycles. The summed E-state index contributed by atoms with van der Waals surface area (Å²) in [5.41, 5.74) is 0. The quantitative estimate of drug-likeness (QED) is 0.540. The zero-order chi connectivity index (χ0) is 6.81. The summed E-state index contributed by atoms with van der Waals surface area (Å²) in [5.74, 6) is 1.04. The van der Waals surface area contributed by atoms with Crippen LogP contribution in [0, 0.1) is 5.92 Å². The summed E-state index contributed by atoms with van der Waals surface area (Å²) in [6.07, 6.45) is 8.83. The molecule has 1 heterocycles. The molecule has 0 radical (unpaired) electrons. The van der Waals surface area contributed by atoms with Crippen LogP contribution >= 0.6 is 0 Å². The van der Waals surface area contributed by atoms with Crippen molar-refractivity contribution in [1.82, 2.24) is 5.32 Å². The van der Waals surface area contributed by atoms with Gasteiger partial charge in [-0.2, -0.15) is 0 Å². The van der Waals surface area contributed by atoms with E-state index in [4.69, 9.17) is 0 Å². The molecule has 0 aromatic rings. The summed E-state index contributed by atoms with van der Waals surface area (Å²) in [4.78, 5) is 0. The molecule has 58 valence electrons. The summed E-state index contributed by atoms with van der Waals surface area (Å²) >= 11 is 0. The Kier molecular flexibility index (Phi) is 1.94. The highest BCUT2D eigenvalue weighted by atomic mass is 14.9. The Morgan fingerprint density at radius 1 is 0.900 bits per heavy atom. The second kappa shape index (κ2) is 2.91. The number of hydrogen-bond acceptors (Lipinski definition) is 1. The molecule has 0 amide bonds. The fraction of sp³-hybridized carbons (Fsp3) is 1.00. The molecule has 1 aliphatic heterocycles. The van der Waals surface area contributed by atoms with E-state index in [0.29, 0.717) is 0 Å². The number of hydrogen-bond donors (Lipinski definition) is 1. The minimum atomic E-state index is 0.905. The molecule has 1 nitrogen and oxygen atoms in total. The van der Waals surface area contributed by atoms with E-state index in [1.54, 1.807) is 0 Å². The first-order valence-electron chi connectivity index (χ1n) is 4.70. The Labute approximate surface area is 63.2 Å². The normalized spacial score (nSPS) is 40.8. The Morgan fingerprint density at radius 2 is 1.80 bits per heavy atom. The van der Waals surface area contributed by atoms with Gasteiger partial charge in [0.15, 0.2) is 0 Å². The van der Waals surface area contributed by atoms with Crippen LogP contribution in [0.5, 0.6) is 0 Å². The first-order chi connectivity index (χ1) is 4.97. The lowest BCUT2D eigenvalue weighted by Crippen LogP contribution is -2.25. The molecule has 0 bridgehead atoms. The third-order valence-corrected chi connectivity index (χ3v) is 3.08. The van der Waals surface area contributed by atoms with Crippen molar-refractivity contribution in [2.45, 2.75) is 44.6 Å². The van der Waals surface area contributed by atoms with Gasteiger partial charge in [0.05, 0.1) is 0 Å². The van der Waals surface area contributed by atoms with Crippen molar-refractivity contribution in [3.63, 3.8) is 0 Å². The summed E-state index contributed by atoms with van der Waals surface area (Å²) in [7, 11) is 0. The molecule has 0 aromatic heterocycles. The topological polar surface area (TPSA) is 12.0 Å². The first kappa shape index (κ1) is 6.66. The van der Waals surface area contributed by atoms with Crippen molar-refractivity contribution >= 4 is 0 Å². The molecule has 2 rings (SSSR count). The standard InChI is InChI=1S/C9H17N/c1-2-4-8-6-7-10-9(8)5-3-1/h8-10H,1-7H2/t8-,9-/m0/s1. The van der Waals surface area contributed by atoms with E-state index in [1.807, 2.05) is 0 Å². The summed E-state index contributed by atoms with van der Waals surface area (Å²) in [6.45, 7) is 1.29. The highest BCUT2D eigenvalue weighted by molar-refractivity contribution is 4.85. The van der Waals surface area contributed by atoms with Crippen molar-refractivity contribution in [3.05, 3.63) is 0 Å². The molecule has 1 heteroatoms. The lowest BCUT2D eigenvalue weighted by atomic mass is 9.96. The van der Waals surface area contributed by atoms with E-state index in [9.17, 15) is 0 Å². The highest BCUT2D eigenvalue weighted by Gasteiger charge is 2.27. The Morgan fingerprint density at radius 3 is 2.80 bits per heavy atom. The molecule has 1 N–H and O–H groups in total. The molecule has 1 saturated carbocycles. The molecule has 2 atom stereocenters. The Balaban J connectivity index is 1.95. The van der Waals surface area contributed by atoms with Gasteiger partial charge in [-0.3, -0.25) is 0 Å². The lowest BCUT2D eigenvalue weighted by molar-refractivity contribution is 0.425. The second-order valence-corrected chi connectivity index (χ2v) is 3.75. The Hall–Kier alpha value is -0.0400. The molecule has 0 unspecified atom stereocenters. The molecular weight excluding hydrogens is 122 g/mol. The van der Waals surface area contributed by atoms with Gasteiger partial charge in [0.25, 0.3) is 0 Å². The van der Waals surface area contributed by atoms with Gasteiger partial charge >= 0.3 is 0 Å². The van der Waals surface area contributed by atoms with Gasteiger partial charge < -0.3 is 5.32 Å². The van der Waals surface area contributed by atoms with Crippen LogP contribution < -0.4 is 5.32 Å². The fourth-order valence-corrected chi connectivity index (χ4v) is 2.45. The minimum absolute atomic E-state index is 0.905. The van der Waals surface area contributed by atoms with Crippen LogP contribution in [0.2, 0.25) is 0 Å². The third kappa shape index (κ3) is 1.20. The van der Waals surface area contributed by atoms with Crippen LogP contribution in [0.3, 0.4) is 0 Å². The molecule has 1 saturated heterocycles. The Bertz CT molecular complexity index is 99.3. The molecule has 2 aliphatic rings. The van der Waals surface area contributed by atoms with E-state index >= 15 is 0 Å². The smallest absolute Gasteiger partial charge is 0.00958 e. The van der Waals surface area contributed by atoms with E-state index in [-0.39, 0.29) is 0 Å². The number of fused-ring (bicyclic) bond motifs is 1.